The van der Waals surface area contributed by atoms with Gasteiger partial charge in [-0.25, -0.2) is 19.3 Å². The maximum absolute atomic E-state index is 13.8. The van der Waals surface area contributed by atoms with Crippen LogP contribution in [0, 0.1) is 5.82 Å². The van der Waals surface area contributed by atoms with Crippen LogP contribution in [0.1, 0.15) is 16.9 Å². The van der Waals surface area contributed by atoms with Crippen molar-refractivity contribution in [2.24, 2.45) is 0 Å². The van der Waals surface area contributed by atoms with Gasteiger partial charge < -0.3 is 0 Å². The van der Waals surface area contributed by atoms with Crippen molar-refractivity contribution in [3.05, 3.63) is 39.7 Å². The van der Waals surface area contributed by atoms with Crippen LogP contribution >= 0.6 is 22.9 Å². The molecule has 0 amide bonds. The van der Waals surface area contributed by atoms with E-state index in [9.17, 15) is 4.39 Å². The number of hydrogen-bond donors (Lipinski definition) is 0. The first-order valence-electron chi connectivity index (χ1n) is 6.32. The van der Waals surface area contributed by atoms with Crippen molar-refractivity contribution >= 4 is 33.2 Å². The molecule has 20 heavy (non-hydrogen) atoms. The van der Waals surface area contributed by atoms with E-state index in [1.807, 2.05) is 0 Å². The summed E-state index contributed by atoms with van der Waals surface area (Å²) in [6, 6.07) is 2.89. The van der Waals surface area contributed by atoms with Gasteiger partial charge in [0.2, 0.25) is 0 Å². The van der Waals surface area contributed by atoms with E-state index in [4.69, 9.17) is 11.6 Å². The van der Waals surface area contributed by atoms with Crippen molar-refractivity contribution in [1.29, 1.82) is 0 Å². The minimum Gasteiger partial charge on any atom is -0.250 e. The molecule has 0 unspecified atom stereocenters. The van der Waals surface area contributed by atoms with E-state index in [0.29, 0.717) is 5.15 Å². The summed E-state index contributed by atoms with van der Waals surface area (Å²) in [7, 11) is 0. The summed E-state index contributed by atoms with van der Waals surface area (Å²) in [6.07, 6.45) is 4.77. The van der Waals surface area contributed by atoms with Gasteiger partial charge in [0.1, 0.15) is 15.7 Å². The average Bonchev–Trinajstić information content (AvgIpc) is 2.98. The van der Waals surface area contributed by atoms with Gasteiger partial charge >= 0.3 is 0 Å². The molecule has 0 radical (unpaired) electrons. The fraction of sp³-hybridized carbons (Fsp3) is 0.214. The van der Waals surface area contributed by atoms with Crippen LogP contribution in [-0.2, 0) is 12.8 Å². The van der Waals surface area contributed by atoms with Crippen LogP contribution in [0.5, 0.6) is 0 Å². The molecule has 0 N–H and O–H groups in total. The Morgan fingerprint density at radius 2 is 2.15 bits per heavy atom. The molecular weight excluding hydrogens is 297 g/mol. The first kappa shape index (κ1) is 12.2. The van der Waals surface area contributed by atoms with Crippen molar-refractivity contribution in [2.75, 3.05) is 0 Å². The smallest absolute Gasteiger partial charge is 0.184 e. The maximum atomic E-state index is 13.8. The lowest BCUT2D eigenvalue weighted by Gasteiger charge is -2.03. The largest absolute Gasteiger partial charge is 0.250 e. The minimum atomic E-state index is -0.438. The third-order valence-electron chi connectivity index (χ3n) is 3.49. The topological polar surface area (TPSA) is 38.7 Å². The Balaban J connectivity index is 1.98. The van der Waals surface area contributed by atoms with Crippen molar-refractivity contribution in [2.45, 2.75) is 19.3 Å². The highest BCUT2D eigenvalue weighted by Gasteiger charge is 2.22. The zero-order chi connectivity index (χ0) is 13.7. The van der Waals surface area contributed by atoms with E-state index in [-0.39, 0.29) is 11.5 Å². The molecular formula is C14H9ClFN3S. The van der Waals surface area contributed by atoms with Gasteiger partial charge in [-0.15, -0.1) is 11.3 Å². The molecule has 0 fully saturated rings. The molecule has 1 aliphatic rings. The van der Waals surface area contributed by atoms with Gasteiger partial charge in [0.05, 0.1) is 5.39 Å². The molecule has 3 nitrogen and oxygen atoms in total. The van der Waals surface area contributed by atoms with Crippen LogP contribution in [0.15, 0.2) is 18.3 Å². The second-order valence-electron chi connectivity index (χ2n) is 4.71. The molecule has 0 bridgehead atoms. The summed E-state index contributed by atoms with van der Waals surface area (Å²) >= 11 is 7.92. The van der Waals surface area contributed by atoms with Gasteiger partial charge in [-0.3, -0.25) is 0 Å². The molecule has 0 saturated heterocycles. The lowest BCUT2D eigenvalue weighted by atomic mass is 10.2. The molecule has 0 aromatic carbocycles. The van der Waals surface area contributed by atoms with E-state index in [1.54, 1.807) is 17.4 Å². The third-order valence-corrected chi connectivity index (χ3v) is 4.95. The highest BCUT2D eigenvalue weighted by atomic mass is 35.5. The first-order valence-corrected chi connectivity index (χ1v) is 7.52. The summed E-state index contributed by atoms with van der Waals surface area (Å²) in [5.74, 6) is -0.187. The number of aryl methyl sites for hydroxylation is 2. The maximum Gasteiger partial charge on any atom is 0.184 e. The predicted molar refractivity (Wildman–Crippen MR) is 77.6 cm³/mol. The third kappa shape index (κ3) is 1.73. The highest BCUT2D eigenvalue weighted by molar-refractivity contribution is 7.19. The highest BCUT2D eigenvalue weighted by Crippen LogP contribution is 2.40. The second kappa shape index (κ2) is 4.46. The summed E-state index contributed by atoms with van der Waals surface area (Å²) in [5, 5.41) is 1.33. The van der Waals surface area contributed by atoms with Gasteiger partial charge in [-0.2, -0.15) is 0 Å². The van der Waals surface area contributed by atoms with E-state index in [2.05, 4.69) is 15.0 Å². The normalized spacial score (nSPS) is 13.9. The molecule has 0 saturated carbocycles. The average molecular weight is 306 g/mol. The van der Waals surface area contributed by atoms with Crippen LogP contribution in [0.4, 0.5) is 4.39 Å². The zero-order valence-corrected chi connectivity index (χ0v) is 11.9. The monoisotopic (exact) mass is 305 g/mol. The standard InChI is InChI=1S/C14H9ClFN3S/c15-12-10-7-3-1-5-9(7)20-14(10)19-13(18-12)11-8(16)4-2-6-17-11/h2,4,6H,1,3,5H2. The number of hydrogen-bond acceptors (Lipinski definition) is 4. The van der Waals surface area contributed by atoms with Gasteiger partial charge in [0.25, 0.3) is 0 Å². The molecule has 3 heterocycles. The Hall–Kier alpha value is -1.59. The summed E-state index contributed by atoms with van der Waals surface area (Å²) < 4.78 is 13.8. The number of rotatable bonds is 1. The molecule has 1 aliphatic carbocycles. The second-order valence-corrected chi connectivity index (χ2v) is 6.15. The van der Waals surface area contributed by atoms with Crippen molar-refractivity contribution in [3.63, 3.8) is 0 Å². The van der Waals surface area contributed by atoms with Gasteiger partial charge in [-0.05, 0) is 37.0 Å². The van der Waals surface area contributed by atoms with E-state index in [1.165, 1.54) is 22.7 Å². The van der Waals surface area contributed by atoms with Crippen molar-refractivity contribution in [1.82, 2.24) is 15.0 Å². The van der Waals surface area contributed by atoms with Crippen LogP contribution in [0.25, 0.3) is 21.7 Å². The SMILES string of the molecule is Fc1cccnc1-c1nc(Cl)c2c3c(sc2n1)CCC3. The van der Waals surface area contributed by atoms with Crippen LogP contribution < -0.4 is 0 Å². The molecule has 6 heteroatoms. The fourth-order valence-corrected chi connectivity index (χ4v) is 4.21. The molecule has 0 atom stereocenters. The number of thiophene rings is 1. The Morgan fingerprint density at radius 3 is 3.00 bits per heavy atom. The van der Waals surface area contributed by atoms with E-state index >= 15 is 0 Å². The van der Waals surface area contributed by atoms with Gasteiger partial charge in [0.15, 0.2) is 11.6 Å². The van der Waals surface area contributed by atoms with Crippen molar-refractivity contribution in [3.8, 4) is 11.5 Å². The Kier molecular flexibility index (Phi) is 2.72. The Morgan fingerprint density at radius 1 is 1.25 bits per heavy atom. The van der Waals surface area contributed by atoms with Crippen LogP contribution in [0.3, 0.4) is 0 Å². The zero-order valence-electron chi connectivity index (χ0n) is 10.4. The lowest BCUT2D eigenvalue weighted by molar-refractivity contribution is 0.624. The van der Waals surface area contributed by atoms with E-state index in [0.717, 1.165) is 29.5 Å². The van der Waals surface area contributed by atoms with Crippen LogP contribution in [0.2, 0.25) is 5.15 Å². The number of aromatic nitrogens is 3. The Bertz CT molecular complexity index is 831. The number of pyridine rings is 1. The number of nitrogens with zero attached hydrogens (tertiary/aromatic N) is 3. The number of halogens is 2. The summed E-state index contributed by atoms with van der Waals surface area (Å²) in [5.41, 5.74) is 1.41. The molecule has 4 rings (SSSR count). The minimum absolute atomic E-state index is 0.143. The number of fused-ring (bicyclic) bond motifs is 3. The molecule has 0 aliphatic heterocycles. The molecule has 100 valence electrons. The van der Waals surface area contributed by atoms with E-state index < -0.39 is 5.82 Å². The fourth-order valence-electron chi connectivity index (χ4n) is 2.61. The van der Waals surface area contributed by atoms with Gasteiger partial charge in [-0.1, -0.05) is 11.6 Å². The van der Waals surface area contributed by atoms with Crippen LogP contribution in [-0.4, -0.2) is 15.0 Å². The summed E-state index contributed by atoms with van der Waals surface area (Å²) in [4.78, 5) is 14.9. The molecule has 3 aromatic heterocycles. The first-order chi connectivity index (χ1) is 9.74. The van der Waals surface area contributed by atoms with Gasteiger partial charge in [0, 0.05) is 11.1 Å². The van der Waals surface area contributed by atoms with Crippen molar-refractivity contribution < 1.29 is 4.39 Å². The Labute approximate surface area is 123 Å². The molecule has 0 spiro atoms. The predicted octanol–water partition coefficient (Wildman–Crippen LogP) is 4.03. The quantitative estimate of drug-likeness (QED) is 0.637. The molecule has 3 aromatic rings. The summed E-state index contributed by atoms with van der Waals surface area (Å²) in [6.45, 7) is 0. The lowest BCUT2D eigenvalue weighted by Crippen LogP contribution is -1.96.